The van der Waals surface area contributed by atoms with E-state index >= 15 is 4.39 Å². The maximum atomic E-state index is 17.0. The third kappa shape index (κ3) is 2.59. The molecule has 0 heterocycles. The van der Waals surface area contributed by atoms with Crippen molar-refractivity contribution in [3.63, 3.8) is 0 Å². The van der Waals surface area contributed by atoms with Crippen LogP contribution in [-0.4, -0.2) is 50.8 Å². The minimum atomic E-state index is -2.07. The van der Waals surface area contributed by atoms with Crippen LogP contribution < -0.4 is 0 Å². The van der Waals surface area contributed by atoms with Crippen molar-refractivity contribution in [2.45, 2.75) is 63.8 Å². The van der Waals surface area contributed by atoms with Crippen LogP contribution in [0.5, 0.6) is 0 Å². The average molecular weight is 437 g/mol. The van der Waals surface area contributed by atoms with E-state index in [0.29, 0.717) is 24.8 Å². The summed E-state index contributed by atoms with van der Waals surface area (Å²) in [5.41, 5.74) is -5.73. The highest BCUT2D eigenvalue weighted by molar-refractivity contribution is 6.01. The lowest BCUT2D eigenvalue weighted by atomic mass is 9.44. The number of rotatable bonds is 4. The molecule has 8 atom stereocenters. The molecule has 0 radical (unpaired) electrons. The molecule has 0 aromatic heterocycles. The highest BCUT2D eigenvalue weighted by atomic mass is 19.1. The lowest BCUT2D eigenvalue weighted by Crippen LogP contribution is -2.69. The zero-order valence-corrected chi connectivity index (χ0v) is 17.8. The molecule has 31 heavy (non-hydrogen) atoms. The summed E-state index contributed by atoms with van der Waals surface area (Å²) in [4.78, 5) is 39.6. The number of hydrogen-bond donors (Lipinski definition) is 2. The van der Waals surface area contributed by atoms with Crippen LogP contribution >= 0.6 is 0 Å². The molecule has 0 bridgehead atoms. The van der Waals surface area contributed by atoms with Gasteiger partial charge < -0.3 is 15.1 Å². The first-order valence-corrected chi connectivity index (χ1v) is 10.7. The van der Waals surface area contributed by atoms with E-state index in [9.17, 15) is 29.9 Å². The Morgan fingerprint density at radius 2 is 2.06 bits per heavy atom. The number of carbonyl (C=O) groups excluding carboxylic acids is 2. The summed E-state index contributed by atoms with van der Waals surface area (Å²) in [5.74, 6) is -2.70. The first-order valence-electron chi connectivity index (χ1n) is 10.7. The molecule has 4 rings (SSSR count). The number of aliphatic hydroxyl groups is 2. The number of halogens is 1. The van der Waals surface area contributed by atoms with E-state index < -0.39 is 63.4 Å². The van der Waals surface area contributed by atoms with Crippen LogP contribution in [0.25, 0.3) is 0 Å². The van der Waals surface area contributed by atoms with Crippen molar-refractivity contribution in [1.82, 2.24) is 0 Å². The van der Waals surface area contributed by atoms with Gasteiger partial charge >= 0.3 is 0 Å². The molecule has 0 aromatic carbocycles. The SMILES string of the molecule is C[C@@H]1C[C@H]2[C@@H]3CCC4=CC(=O)C=C[C@]4(C)[C@@]3(F)[C@@H](O)C[C@]2(C)[C@@]1(O)C(=O)CO[N+](=O)[O-]. The average Bonchev–Trinajstić information content (AvgIpc) is 2.89. The highest BCUT2D eigenvalue weighted by Gasteiger charge is 2.75. The second-order valence-electron chi connectivity index (χ2n) is 10.1. The van der Waals surface area contributed by atoms with E-state index in [1.54, 1.807) is 26.8 Å². The molecule has 4 aliphatic carbocycles. The van der Waals surface area contributed by atoms with Gasteiger partial charge in [-0.2, -0.15) is 0 Å². The summed E-state index contributed by atoms with van der Waals surface area (Å²) < 4.78 is 17.0. The van der Waals surface area contributed by atoms with Crippen molar-refractivity contribution in [3.05, 3.63) is 33.9 Å². The van der Waals surface area contributed by atoms with Crippen molar-refractivity contribution in [2.24, 2.45) is 28.6 Å². The molecule has 2 N–H and O–H groups in total. The fourth-order valence-electron chi connectivity index (χ4n) is 7.36. The van der Waals surface area contributed by atoms with Crippen molar-refractivity contribution in [3.8, 4) is 0 Å². The van der Waals surface area contributed by atoms with E-state index in [4.69, 9.17) is 0 Å². The van der Waals surface area contributed by atoms with Crippen molar-refractivity contribution in [2.75, 3.05) is 6.61 Å². The first kappa shape index (κ1) is 22.1. The van der Waals surface area contributed by atoms with Gasteiger partial charge in [0.05, 0.1) is 6.10 Å². The van der Waals surface area contributed by atoms with Gasteiger partial charge in [0, 0.05) is 16.7 Å². The van der Waals surface area contributed by atoms with Gasteiger partial charge in [0.15, 0.2) is 23.8 Å². The number of ketones is 2. The normalized spacial score (nSPS) is 48.3. The molecule has 0 unspecified atom stereocenters. The summed E-state index contributed by atoms with van der Waals surface area (Å²) in [6.07, 6.45) is 3.85. The van der Waals surface area contributed by atoms with Crippen LogP contribution in [0.4, 0.5) is 4.39 Å². The predicted octanol–water partition coefficient (Wildman–Crippen LogP) is 2.11. The second kappa shape index (κ2) is 6.68. The third-order valence-electron chi connectivity index (χ3n) is 8.95. The molecule has 0 aromatic rings. The van der Waals surface area contributed by atoms with Gasteiger partial charge in [0.1, 0.15) is 5.60 Å². The van der Waals surface area contributed by atoms with E-state index in [-0.39, 0.29) is 12.2 Å². The van der Waals surface area contributed by atoms with Gasteiger partial charge in [-0.3, -0.25) is 9.59 Å². The summed E-state index contributed by atoms with van der Waals surface area (Å²) in [6, 6.07) is 0. The Hall–Kier alpha value is -2.13. The van der Waals surface area contributed by atoms with E-state index in [2.05, 4.69) is 4.84 Å². The van der Waals surface area contributed by atoms with Crippen LogP contribution in [-0.2, 0) is 14.4 Å². The fraction of sp³-hybridized carbons (Fsp3) is 0.727. The molecule has 3 fully saturated rings. The number of aliphatic hydroxyl groups excluding tert-OH is 1. The predicted molar refractivity (Wildman–Crippen MR) is 106 cm³/mol. The van der Waals surface area contributed by atoms with Crippen molar-refractivity contribution < 1.29 is 34.1 Å². The number of nitrogens with zero attached hydrogens (tertiary/aromatic N) is 1. The molecule has 0 spiro atoms. The molecule has 0 amide bonds. The van der Waals surface area contributed by atoms with Crippen molar-refractivity contribution >= 4 is 11.6 Å². The number of allylic oxidation sites excluding steroid dienone is 4. The van der Waals surface area contributed by atoms with Crippen LogP contribution in [0.2, 0.25) is 0 Å². The Morgan fingerprint density at radius 1 is 1.39 bits per heavy atom. The molecule has 8 nitrogen and oxygen atoms in total. The Kier molecular flexibility index (Phi) is 4.76. The fourth-order valence-corrected chi connectivity index (χ4v) is 7.36. The van der Waals surface area contributed by atoms with Crippen LogP contribution in [0.15, 0.2) is 23.8 Å². The third-order valence-corrected chi connectivity index (χ3v) is 8.95. The largest absolute Gasteiger partial charge is 0.390 e. The summed E-state index contributed by atoms with van der Waals surface area (Å²) >= 11 is 0. The highest BCUT2D eigenvalue weighted by Crippen LogP contribution is 2.70. The Bertz CT molecular complexity index is 918. The Balaban J connectivity index is 1.76. The minimum Gasteiger partial charge on any atom is -0.390 e. The first-order chi connectivity index (χ1) is 14.3. The molecular formula is C22H28FNO7. The van der Waals surface area contributed by atoms with Gasteiger partial charge in [-0.25, -0.2) is 4.39 Å². The Labute approximate surface area is 179 Å². The molecule has 0 aliphatic heterocycles. The lowest BCUT2D eigenvalue weighted by Gasteiger charge is -2.62. The molecule has 4 aliphatic rings. The summed E-state index contributed by atoms with van der Waals surface area (Å²) in [5, 5.41) is 32.2. The van der Waals surface area contributed by atoms with Gasteiger partial charge in [-0.15, -0.1) is 10.1 Å². The van der Waals surface area contributed by atoms with Gasteiger partial charge in [0.2, 0.25) is 0 Å². The summed E-state index contributed by atoms with van der Waals surface area (Å²) in [7, 11) is 0. The molecule has 3 saturated carbocycles. The standard InChI is InChI=1S/C22H28FNO7/c1-12-8-16-15-5-4-13-9-14(25)6-7-19(13,2)21(15,23)17(26)10-20(16,3)22(12,28)18(27)11-31-24(29)30/h6-7,9,12,15-17,26,28H,4-5,8,10-11H2,1-3H3/t12-,15+,16+,17+,19+,20+,21+,22+/m1/s1. The Morgan fingerprint density at radius 3 is 2.71 bits per heavy atom. The van der Waals surface area contributed by atoms with Crippen LogP contribution in [0.3, 0.4) is 0 Å². The summed E-state index contributed by atoms with van der Waals surface area (Å²) in [6.45, 7) is 4.14. The number of Topliss-reactive ketones (excluding diaryl/α,β-unsaturated/α-hetero) is 1. The lowest BCUT2D eigenvalue weighted by molar-refractivity contribution is -0.754. The second-order valence-corrected chi connectivity index (χ2v) is 10.1. The van der Waals surface area contributed by atoms with Gasteiger partial charge in [-0.1, -0.05) is 25.5 Å². The molecule has 0 saturated heterocycles. The van der Waals surface area contributed by atoms with Gasteiger partial charge in [-0.05, 0) is 56.6 Å². The maximum Gasteiger partial charge on any atom is 0.294 e. The topological polar surface area (TPSA) is 127 Å². The van der Waals surface area contributed by atoms with E-state index in [1.807, 2.05) is 0 Å². The number of alkyl halides is 1. The van der Waals surface area contributed by atoms with Crippen LogP contribution in [0.1, 0.15) is 46.5 Å². The number of carbonyl (C=O) groups is 2. The monoisotopic (exact) mass is 437 g/mol. The van der Waals surface area contributed by atoms with Crippen molar-refractivity contribution in [1.29, 1.82) is 0 Å². The zero-order chi connectivity index (χ0) is 23.0. The quantitative estimate of drug-likeness (QED) is 0.509. The molecule has 170 valence electrons. The molecule has 9 heteroatoms. The minimum absolute atomic E-state index is 0.180. The molecular weight excluding hydrogens is 409 g/mol. The maximum absolute atomic E-state index is 17.0. The zero-order valence-electron chi connectivity index (χ0n) is 17.8. The number of hydrogen-bond acceptors (Lipinski definition) is 7. The smallest absolute Gasteiger partial charge is 0.294 e. The number of fused-ring (bicyclic) bond motifs is 5. The van der Waals surface area contributed by atoms with E-state index in [1.165, 1.54) is 12.2 Å². The van der Waals surface area contributed by atoms with Crippen LogP contribution in [0, 0.1) is 38.7 Å². The van der Waals surface area contributed by atoms with E-state index in [0.717, 1.165) is 0 Å². The van der Waals surface area contributed by atoms with Gasteiger partial charge in [0.25, 0.3) is 5.09 Å².